The van der Waals surface area contributed by atoms with Crippen LogP contribution in [-0.4, -0.2) is 28.1 Å². The number of hydrogen-bond donors (Lipinski definition) is 2. The molecule has 0 unspecified atom stereocenters. The van der Waals surface area contributed by atoms with E-state index in [1.54, 1.807) is 6.20 Å². The number of aryl methyl sites for hydroxylation is 1. The van der Waals surface area contributed by atoms with Gasteiger partial charge in [-0.2, -0.15) is 0 Å². The molecule has 0 saturated heterocycles. The molecule has 108 valence electrons. The van der Waals surface area contributed by atoms with E-state index in [9.17, 15) is 0 Å². The van der Waals surface area contributed by atoms with Crippen molar-refractivity contribution in [3.63, 3.8) is 0 Å². The monoisotopic (exact) mass is 275 g/mol. The van der Waals surface area contributed by atoms with Crippen LogP contribution in [0, 0.1) is 0 Å². The average molecular weight is 275 g/mol. The van der Waals surface area contributed by atoms with E-state index in [-0.39, 0.29) is 0 Å². The molecule has 6 nitrogen and oxygen atoms in total. The highest BCUT2D eigenvalue weighted by Gasteiger charge is 2.02. The number of anilines is 2. The molecule has 1 aromatic heterocycles. The summed E-state index contributed by atoms with van der Waals surface area (Å²) in [5.41, 5.74) is 7.57. The number of nitrogen functional groups attached to an aromatic ring is 1. The van der Waals surface area contributed by atoms with E-state index in [2.05, 4.69) is 22.6 Å². The first-order valence-corrected chi connectivity index (χ1v) is 6.90. The lowest BCUT2D eigenvalue weighted by molar-refractivity contribution is 0.319. The van der Waals surface area contributed by atoms with Crippen LogP contribution in [0.1, 0.15) is 19.8 Å². The second-order valence-electron chi connectivity index (χ2n) is 4.55. The van der Waals surface area contributed by atoms with Gasteiger partial charge < -0.3 is 15.8 Å². The Bertz CT molecular complexity index is 512. The second kappa shape index (κ2) is 7.37. The molecule has 6 heteroatoms. The Labute approximate surface area is 118 Å². The molecule has 2 aromatic rings. The Morgan fingerprint density at radius 1 is 1.40 bits per heavy atom. The van der Waals surface area contributed by atoms with Crippen LogP contribution in [0.2, 0.25) is 0 Å². The highest BCUT2D eigenvalue weighted by molar-refractivity contribution is 5.61. The number of ether oxygens (including phenoxy) is 1. The van der Waals surface area contributed by atoms with Crippen molar-refractivity contribution >= 4 is 11.4 Å². The van der Waals surface area contributed by atoms with Gasteiger partial charge >= 0.3 is 0 Å². The maximum absolute atomic E-state index is 5.88. The largest absolute Gasteiger partial charge is 0.491 e. The summed E-state index contributed by atoms with van der Waals surface area (Å²) in [6, 6.07) is 5.77. The summed E-state index contributed by atoms with van der Waals surface area (Å²) < 4.78 is 7.42. The Kier molecular flexibility index (Phi) is 5.23. The van der Waals surface area contributed by atoms with Crippen LogP contribution in [0.5, 0.6) is 5.75 Å². The molecule has 1 heterocycles. The van der Waals surface area contributed by atoms with Crippen LogP contribution < -0.4 is 15.8 Å². The number of aromatic nitrogens is 3. The van der Waals surface area contributed by atoms with E-state index < -0.39 is 0 Å². The first kappa shape index (κ1) is 14.2. The molecule has 20 heavy (non-hydrogen) atoms. The summed E-state index contributed by atoms with van der Waals surface area (Å²) >= 11 is 0. The summed E-state index contributed by atoms with van der Waals surface area (Å²) in [6.45, 7) is 4.46. The fourth-order valence-electron chi connectivity index (χ4n) is 1.81. The highest BCUT2D eigenvalue weighted by Crippen LogP contribution is 2.25. The van der Waals surface area contributed by atoms with Crippen molar-refractivity contribution in [3.05, 3.63) is 30.6 Å². The predicted octanol–water partition coefficient (Wildman–Crippen LogP) is 2.15. The first-order valence-electron chi connectivity index (χ1n) is 6.90. The van der Waals surface area contributed by atoms with E-state index in [1.165, 1.54) is 0 Å². The third kappa shape index (κ3) is 4.15. The van der Waals surface area contributed by atoms with Gasteiger partial charge in [-0.3, -0.25) is 4.68 Å². The lowest BCUT2D eigenvalue weighted by Gasteiger charge is -2.11. The number of rotatable bonds is 8. The maximum atomic E-state index is 5.88. The van der Waals surface area contributed by atoms with Crippen LogP contribution in [0.4, 0.5) is 11.4 Å². The number of nitrogens with one attached hydrogen (secondary N) is 1. The Morgan fingerprint density at radius 3 is 3.05 bits per heavy atom. The number of nitrogens with two attached hydrogens (primary N) is 1. The van der Waals surface area contributed by atoms with E-state index in [0.717, 1.165) is 37.4 Å². The van der Waals surface area contributed by atoms with Crippen molar-refractivity contribution in [2.45, 2.75) is 26.3 Å². The minimum absolute atomic E-state index is 0.673. The Hall–Kier alpha value is -2.24. The quantitative estimate of drug-likeness (QED) is 0.570. The van der Waals surface area contributed by atoms with Gasteiger partial charge in [0.05, 0.1) is 18.5 Å². The van der Waals surface area contributed by atoms with Gasteiger partial charge in [0.15, 0.2) is 0 Å². The van der Waals surface area contributed by atoms with Gasteiger partial charge in [0, 0.05) is 31.0 Å². The molecule has 0 spiro atoms. The lowest BCUT2D eigenvalue weighted by atomic mass is 10.2. The summed E-state index contributed by atoms with van der Waals surface area (Å²) in [5.74, 6) is 0.744. The molecule has 0 aliphatic heterocycles. The molecular formula is C14H21N5O. The number of benzene rings is 1. The van der Waals surface area contributed by atoms with E-state index >= 15 is 0 Å². The van der Waals surface area contributed by atoms with Gasteiger partial charge in [0.2, 0.25) is 0 Å². The summed E-state index contributed by atoms with van der Waals surface area (Å²) in [5, 5.41) is 11.0. The highest BCUT2D eigenvalue weighted by atomic mass is 16.5. The molecule has 0 fully saturated rings. The van der Waals surface area contributed by atoms with Crippen molar-refractivity contribution in [1.82, 2.24) is 15.0 Å². The fourth-order valence-corrected chi connectivity index (χ4v) is 1.81. The standard InChI is InChI=1S/C14H21N5O/c1-2-10-20-14-11-12(4-5-13(14)15)16-6-3-8-19-9-7-17-18-19/h4-5,7,9,11,16H,2-3,6,8,10,15H2,1H3. The average Bonchev–Trinajstić information content (AvgIpc) is 2.97. The van der Waals surface area contributed by atoms with Crippen molar-refractivity contribution < 1.29 is 4.74 Å². The summed E-state index contributed by atoms with van der Waals surface area (Å²) in [6.07, 6.45) is 5.48. The van der Waals surface area contributed by atoms with Crippen LogP contribution in [0.3, 0.4) is 0 Å². The third-order valence-electron chi connectivity index (χ3n) is 2.84. The minimum Gasteiger partial charge on any atom is -0.491 e. The van der Waals surface area contributed by atoms with Crippen LogP contribution in [0.15, 0.2) is 30.6 Å². The van der Waals surface area contributed by atoms with Crippen LogP contribution >= 0.6 is 0 Å². The maximum Gasteiger partial charge on any atom is 0.144 e. The van der Waals surface area contributed by atoms with Crippen LogP contribution in [0.25, 0.3) is 0 Å². The molecule has 0 aliphatic carbocycles. The normalized spacial score (nSPS) is 10.4. The second-order valence-corrected chi connectivity index (χ2v) is 4.55. The van der Waals surface area contributed by atoms with Gasteiger partial charge in [0.25, 0.3) is 0 Å². The number of nitrogens with zero attached hydrogens (tertiary/aromatic N) is 3. The van der Waals surface area contributed by atoms with Crippen LogP contribution in [-0.2, 0) is 6.54 Å². The third-order valence-corrected chi connectivity index (χ3v) is 2.84. The van der Waals surface area contributed by atoms with Crippen molar-refractivity contribution in [1.29, 1.82) is 0 Å². The molecule has 0 bridgehead atoms. The molecule has 0 amide bonds. The summed E-state index contributed by atoms with van der Waals surface area (Å²) in [7, 11) is 0. The molecule has 3 N–H and O–H groups in total. The fraction of sp³-hybridized carbons (Fsp3) is 0.429. The topological polar surface area (TPSA) is 78.0 Å². The molecular weight excluding hydrogens is 254 g/mol. The Balaban J connectivity index is 1.80. The van der Waals surface area contributed by atoms with E-state index in [1.807, 2.05) is 29.1 Å². The first-order chi connectivity index (χ1) is 9.79. The SMILES string of the molecule is CCCOc1cc(NCCCn2ccnn2)ccc1N. The van der Waals surface area contributed by atoms with Gasteiger partial charge in [-0.1, -0.05) is 12.1 Å². The Morgan fingerprint density at radius 2 is 2.30 bits per heavy atom. The smallest absolute Gasteiger partial charge is 0.144 e. The van der Waals surface area contributed by atoms with Gasteiger partial charge in [-0.25, -0.2) is 0 Å². The molecule has 2 rings (SSSR count). The molecule has 0 saturated carbocycles. The summed E-state index contributed by atoms with van der Waals surface area (Å²) in [4.78, 5) is 0. The zero-order chi connectivity index (χ0) is 14.2. The zero-order valence-corrected chi connectivity index (χ0v) is 11.7. The zero-order valence-electron chi connectivity index (χ0n) is 11.7. The van der Waals surface area contributed by atoms with E-state index in [0.29, 0.717) is 12.3 Å². The van der Waals surface area contributed by atoms with E-state index in [4.69, 9.17) is 10.5 Å². The number of hydrogen-bond acceptors (Lipinski definition) is 5. The van der Waals surface area contributed by atoms with Gasteiger partial charge in [0.1, 0.15) is 5.75 Å². The lowest BCUT2D eigenvalue weighted by Crippen LogP contribution is -2.08. The van der Waals surface area contributed by atoms with Gasteiger partial charge in [-0.15, -0.1) is 5.10 Å². The molecule has 0 radical (unpaired) electrons. The minimum atomic E-state index is 0.673. The van der Waals surface area contributed by atoms with Crippen molar-refractivity contribution in [3.8, 4) is 5.75 Å². The molecule has 1 aromatic carbocycles. The van der Waals surface area contributed by atoms with Crippen molar-refractivity contribution in [2.24, 2.45) is 0 Å². The van der Waals surface area contributed by atoms with Crippen molar-refractivity contribution in [2.75, 3.05) is 24.2 Å². The van der Waals surface area contributed by atoms with Gasteiger partial charge in [-0.05, 0) is 25.0 Å². The molecule has 0 aliphatic rings. The predicted molar refractivity (Wildman–Crippen MR) is 79.8 cm³/mol. The molecule has 0 atom stereocenters.